The maximum atomic E-state index is 12.5. The summed E-state index contributed by atoms with van der Waals surface area (Å²) in [5, 5.41) is 19.0. The van der Waals surface area contributed by atoms with Gasteiger partial charge in [-0.25, -0.2) is 8.42 Å². The molecule has 0 saturated carbocycles. The minimum atomic E-state index is -3.79. The van der Waals surface area contributed by atoms with Crippen LogP contribution in [0.5, 0.6) is 5.75 Å². The molecule has 2 rings (SSSR count). The molecule has 0 amide bonds. The van der Waals surface area contributed by atoms with Gasteiger partial charge in [0, 0.05) is 11.6 Å². The van der Waals surface area contributed by atoms with E-state index in [9.17, 15) is 18.6 Å². The molecule has 7 heteroatoms. The fraction of sp³-hybridized carbons (Fsp3) is 0.231. The van der Waals surface area contributed by atoms with Gasteiger partial charge >= 0.3 is 0 Å². The van der Waals surface area contributed by atoms with E-state index in [0.717, 1.165) is 0 Å². The number of phenolic OH excluding ortho intramolecular Hbond substituents is 1. The molecule has 2 atom stereocenters. The van der Waals surface area contributed by atoms with Gasteiger partial charge < -0.3 is 21.7 Å². The second-order valence-electron chi connectivity index (χ2n) is 4.74. The lowest BCUT2D eigenvalue weighted by atomic mass is 9.97. The summed E-state index contributed by atoms with van der Waals surface area (Å²) >= 11 is 0. The van der Waals surface area contributed by atoms with Gasteiger partial charge in [-0.2, -0.15) is 0 Å². The van der Waals surface area contributed by atoms with Gasteiger partial charge in [-0.05, 0) is 24.3 Å². The Hall–Kier alpha value is -1.99. The number of aromatic hydroxyl groups is 1. The van der Waals surface area contributed by atoms with E-state index in [1.54, 1.807) is 6.92 Å². The summed E-state index contributed by atoms with van der Waals surface area (Å²) in [4.78, 5) is -0.0235. The fourth-order valence-electron chi connectivity index (χ4n) is 1.95. The molecule has 20 heavy (non-hydrogen) atoms. The SMILES string of the molecule is CC1C=C(S(=O)(=O)c2ccc(O)c(N)c2)C=C(N)C1O. The van der Waals surface area contributed by atoms with Crippen molar-refractivity contribution in [3.8, 4) is 5.75 Å². The quantitative estimate of drug-likeness (QED) is 0.464. The average molecular weight is 296 g/mol. The number of nitrogens with two attached hydrogens (primary N) is 2. The van der Waals surface area contributed by atoms with Crippen LogP contribution in [0, 0.1) is 5.92 Å². The van der Waals surface area contributed by atoms with Crippen LogP contribution in [-0.4, -0.2) is 24.7 Å². The predicted octanol–water partition coefficient (Wildman–Crippen LogP) is 0.485. The van der Waals surface area contributed by atoms with Crippen LogP contribution in [0.1, 0.15) is 6.92 Å². The molecule has 1 aromatic carbocycles. The van der Waals surface area contributed by atoms with Crippen LogP contribution < -0.4 is 11.5 Å². The van der Waals surface area contributed by atoms with Gasteiger partial charge in [-0.3, -0.25) is 0 Å². The summed E-state index contributed by atoms with van der Waals surface area (Å²) in [7, 11) is -3.79. The number of hydrogen-bond donors (Lipinski definition) is 4. The Labute approximate surface area is 116 Å². The van der Waals surface area contributed by atoms with Crippen molar-refractivity contribution in [1.29, 1.82) is 0 Å². The maximum Gasteiger partial charge on any atom is 0.206 e. The Morgan fingerprint density at radius 3 is 2.45 bits per heavy atom. The molecular formula is C13H16N2O4S. The summed E-state index contributed by atoms with van der Waals surface area (Å²) in [6, 6.07) is 3.67. The first-order chi connectivity index (χ1) is 9.23. The number of allylic oxidation sites excluding steroid dienone is 1. The number of phenols is 1. The van der Waals surface area contributed by atoms with Gasteiger partial charge in [0.15, 0.2) is 0 Å². The number of sulfone groups is 1. The van der Waals surface area contributed by atoms with E-state index in [0.29, 0.717) is 0 Å². The van der Waals surface area contributed by atoms with Crippen LogP contribution >= 0.6 is 0 Å². The zero-order valence-electron chi connectivity index (χ0n) is 10.8. The minimum Gasteiger partial charge on any atom is -0.506 e. The van der Waals surface area contributed by atoms with Crippen LogP contribution in [0.3, 0.4) is 0 Å². The van der Waals surface area contributed by atoms with Crippen molar-refractivity contribution < 1.29 is 18.6 Å². The highest BCUT2D eigenvalue weighted by Gasteiger charge is 2.27. The zero-order chi connectivity index (χ0) is 15.1. The summed E-state index contributed by atoms with van der Waals surface area (Å²) in [6.45, 7) is 1.67. The number of nitrogen functional groups attached to an aromatic ring is 1. The molecule has 1 aromatic rings. The Morgan fingerprint density at radius 2 is 1.90 bits per heavy atom. The molecule has 108 valence electrons. The number of anilines is 1. The lowest BCUT2D eigenvalue weighted by Crippen LogP contribution is -2.28. The van der Waals surface area contributed by atoms with Gasteiger partial charge in [-0.1, -0.05) is 13.0 Å². The fourth-order valence-corrected chi connectivity index (χ4v) is 3.44. The second kappa shape index (κ2) is 4.84. The van der Waals surface area contributed by atoms with Crippen LogP contribution in [-0.2, 0) is 9.84 Å². The van der Waals surface area contributed by atoms with E-state index in [4.69, 9.17) is 11.5 Å². The predicted molar refractivity (Wildman–Crippen MR) is 75.2 cm³/mol. The summed E-state index contributed by atoms with van der Waals surface area (Å²) in [6.07, 6.45) is 1.79. The molecule has 2 unspecified atom stereocenters. The van der Waals surface area contributed by atoms with Crippen LogP contribution in [0.25, 0.3) is 0 Å². The Kier molecular flexibility index (Phi) is 3.49. The van der Waals surface area contributed by atoms with Crippen molar-refractivity contribution in [3.63, 3.8) is 0 Å². The molecule has 1 aliphatic rings. The smallest absolute Gasteiger partial charge is 0.206 e. The molecule has 0 spiro atoms. The molecule has 0 fully saturated rings. The van der Waals surface area contributed by atoms with Crippen molar-refractivity contribution in [2.75, 3.05) is 5.73 Å². The standard InChI is InChI=1S/C13H16N2O4S/c1-7-4-9(6-11(15)13(7)17)20(18,19)8-2-3-12(16)10(14)5-8/h2-7,13,16-17H,14-15H2,1H3. The van der Waals surface area contributed by atoms with E-state index in [2.05, 4.69) is 0 Å². The minimum absolute atomic E-state index is 0.0119. The third-order valence-electron chi connectivity index (χ3n) is 3.20. The van der Waals surface area contributed by atoms with Gasteiger partial charge in [0.2, 0.25) is 9.84 Å². The number of aliphatic hydroxyl groups excluding tert-OH is 1. The highest BCUT2D eigenvalue weighted by Crippen LogP contribution is 2.31. The van der Waals surface area contributed by atoms with Crippen LogP contribution in [0.15, 0.2) is 45.8 Å². The number of rotatable bonds is 2. The van der Waals surface area contributed by atoms with E-state index in [-0.39, 0.29) is 26.9 Å². The second-order valence-corrected chi connectivity index (χ2v) is 6.69. The first-order valence-corrected chi connectivity index (χ1v) is 7.42. The largest absolute Gasteiger partial charge is 0.506 e. The lowest BCUT2D eigenvalue weighted by molar-refractivity contribution is 0.169. The molecule has 1 aliphatic carbocycles. The summed E-state index contributed by atoms with van der Waals surface area (Å²) in [5.74, 6) is -0.584. The number of benzene rings is 1. The van der Waals surface area contributed by atoms with Crippen LogP contribution in [0.4, 0.5) is 5.69 Å². The molecule has 6 nitrogen and oxygen atoms in total. The van der Waals surface area contributed by atoms with Crippen molar-refractivity contribution in [2.45, 2.75) is 17.9 Å². The lowest BCUT2D eigenvalue weighted by Gasteiger charge is -2.22. The first kappa shape index (κ1) is 14.4. The number of aliphatic hydroxyl groups is 1. The molecular weight excluding hydrogens is 280 g/mol. The zero-order valence-corrected chi connectivity index (χ0v) is 11.6. The van der Waals surface area contributed by atoms with Crippen molar-refractivity contribution in [3.05, 3.63) is 41.0 Å². The average Bonchev–Trinajstić information content (AvgIpc) is 2.38. The Balaban J connectivity index is 2.51. The number of hydrogen-bond acceptors (Lipinski definition) is 6. The van der Waals surface area contributed by atoms with Gasteiger partial charge in [0.1, 0.15) is 5.75 Å². The van der Waals surface area contributed by atoms with E-state index >= 15 is 0 Å². The third kappa shape index (κ3) is 2.37. The monoisotopic (exact) mass is 296 g/mol. The van der Waals surface area contributed by atoms with Crippen molar-refractivity contribution in [1.82, 2.24) is 0 Å². The normalized spacial score (nSPS) is 23.1. The van der Waals surface area contributed by atoms with Gasteiger partial charge in [0.25, 0.3) is 0 Å². The van der Waals surface area contributed by atoms with Crippen LogP contribution in [0.2, 0.25) is 0 Å². The Bertz CT molecular complexity index is 707. The molecule has 6 N–H and O–H groups in total. The van der Waals surface area contributed by atoms with Gasteiger partial charge in [-0.15, -0.1) is 0 Å². The third-order valence-corrected chi connectivity index (χ3v) is 4.94. The summed E-state index contributed by atoms with van der Waals surface area (Å²) < 4.78 is 24.9. The molecule has 0 heterocycles. The van der Waals surface area contributed by atoms with E-state index in [1.807, 2.05) is 0 Å². The van der Waals surface area contributed by atoms with Crippen molar-refractivity contribution >= 4 is 15.5 Å². The molecule has 0 aromatic heterocycles. The highest BCUT2D eigenvalue weighted by atomic mass is 32.2. The highest BCUT2D eigenvalue weighted by molar-refractivity contribution is 7.95. The van der Waals surface area contributed by atoms with E-state index in [1.165, 1.54) is 30.4 Å². The molecule has 0 aliphatic heterocycles. The summed E-state index contributed by atoms with van der Waals surface area (Å²) in [5.41, 5.74) is 11.2. The molecule has 0 bridgehead atoms. The Morgan fingerprint density at radius 1 is 1.25 bits per heavy atom. The molecule has 0 radical (unpaired) electrons. The topological polar surface area (TPSA) is 127 Å². The first-order valence-electron chi connectivity index (χ1n) is 5.94. The maximum absolute atomic E-state index is 12.5. The van der Waals surface area contributed by atoms with E-state index < -0.39 is 21.9 Å². The van der Waals surface area contributed by atoms with Gasteiger partial charge in [0.05, 0.1) is 21.6 Å². The molecule has 0 saturated heterocycles. The van der Waals surface area contributed by atoms with Crippen molar-refractivity contribution in [2.24, 2.45) is 11.7 Å².